The van der Waals surface area contributed by atoms with Crippen LogP contribution in [0.2, 0.25) is 0 Å². The first-order chi connectivity index (χ1) is 14.6. The molecule has 4 aromatic rings. The molecule has 10 nitrogen and oxygen atoms in total. The van der Waals surface area contributed by atoms with Gasteiger partial charge in [0.2, 0.25) is 5.91 Å². The van der Waals surface area contributed by atoms with Crippen molar-refractivity contribution in [2.75, 3.05) is 6.54 Å². The molecular weight excluding hydrogens is 386 g/mol. The Bertz CT molecular complexity index is 1310. The number of aromatic nitrogens is 6. The summed E-state index contributed by atoms with van der Waals surface area (Å²) in [6.07, 6.45) is 1.56. The van der Waals surface area contributed by atoms with E-state index >= 15 is 0 Å². The second-order valence-corrected chi connectivity index (χ2v) is 6.68. The van der Waals surface area contributed by atoms with Gasteiger partial charge >= 0.3 is 5.69 Å². The zero-order valence-electron chi connectivity index (χ0n) is 16.2. The molecule has 1 N–H and O–H groups in total. The van der Waals surface area contributed by atoms with Crippen LogP contribution in [-0.4, -0.2) is 42.0 Å². The van der Waals surface area contributed by atoms with E-state index in [-0.39, 0.29) is 24.6 Å². The van der Waals surface area contributed by atoms with Crippen LogP contribution in [0.5, 0.6) is 0 Å². The summed E-state index contributed by atoms with van der Waals surface area (Å²) in [5, 5.41) is 15.7. The van der Waals surface area contributed by atoms with Crippen molar-refractivity contribution in [2.45, 2.75) is 19.5 Å². The molecule has 0 aliphatic carbocycles. The predicted octanol–water partition coefficient (Wildman–Crippen LogP) is 0.516. The monoisotopic (exact) mass is 405 g/mol. The molecule has 10 heteroatoms. The molecule has 4 rings (SSSR count). The normalized spacial score (nSPS) is 12.0. The minimum Gasteiger partial charge on any atom is -0.352 e. The summed E-state index contributed by atoms with van der Waals surface area (Å²) in [6.45, 7) is 1.89. The standard InChI is InChI=1S/C20H19N7O3/c1-14(26-19(29)17-10-6-5-7-15(17)13-22-26)18(28)21-11-12-25-20(30)27(24-23-25)16-8-3-2-4-9-16/h2-10,13-14H,11-12H2,1H3,(H,21,28). The van der Waals surface area contributed by atoms with Gasteiger partial charge in [-0.2, -0.15) is 14.5 Å². The van der Waals surface area contributed by atoms with Crippen LogP contribution < -0.4 is 16.6 Å². The van der Waals surface area contributed by atoms with E-state index in [1.54, 1.807) is 55.6 Å². The lowest BCUT2D eigenvalue weighted by Gasteiger charge is -2.14. The molecule has 2 heterocycles. The molecule has 0 spiro atoms. The van der Waals surface area contributed by atoms with E-state index in [1.165, 1.54) is 9.36 Å². The molecule has 0 fully saturated rings. The summed E-state index contributed by atoms with van der Waals surface area (Å²) in [7, 11) is 0. The van der Waals surface area contributed by atoms with Gasteiger partial charge in [-0.05, 0) is 35.5 Å². The molecule has 1 unspecified atom stereocenters. The number of hydrogen-bond donors (Lipinski definition) is 1. The third-order valence-corrected chi connectivity index (χ3v) is 4.73. The Labute approximate surface area is 170 Å². The van der Waals surface area contributed by atoms with E-state index in [9.17, 15) is 14.4 Å². The Kier molecular flexibility index (Phi) is 5.21. The quantitative estimate of drug-likeness (QED) is 0.500. The summed E-state index contributed by atoms with van der Waals surface area (Å²) in [6, 6.07) is 15.2. The lowest BCUT2D eigenvalue weighted by molar-refractivity contribution is -0.124. The first-order valence-electron chi connectivity index (χ1n) is 9.39. The number of hydrogen-bond acceptors (Lipinski definition) is 6. The molecule has 0 aliphatic rings. The molecule has 0 radical (unpaired) electrons. The minimum absolute atomic E-state index is 0.143. The van der Waals surface area contributed by atoms with Crippen molar-refractivity contribution < 1.29 is 4.79 Å². The first kappa shape index (κ1) is 19.2. The number of rotatable bonds is 6. The molecule has 2 aromatic heterocycles. The number of nitrogens with one attached hydrogen (secondary N) is 1. The van der Waals surface area contributed by atoms with Crippen molar-refractivity contribution in [2.24, 2.45) is 0 Å². The van der Waals surface area contributed by atoms with E-state index < -0.39 is 11.7 Å². The summed E-state index contributed by atoms with van der Waals surface area (Å²) in [4.78, 5) is 37.5. The fraction of sp³-hybridized carbons (Fsp3) is 0.200. The van der Waals surface area contributed by atoms with Crippen LogP contribution >= 0.6 is 0 Å². The molecular formula is C20H19N7O3. The van der Waals surface area contributed by atoms with Gasteiger partial charge in [0.1, 0.15) is 6.04 Å². The van der Waals surface area contributed by atoms with E-state index in [0.717, 1.165) is 4.68 Å². The average molecular weight is 405 g/mol. The van der Waals surface area contributed by atoms with Crippen LogP contribution in [0.3, 0.4) is 0 Å². The number of carbonyl (C=O) groups is 1. The average Bonchev–Trinajstić information content (AvgIpc) is 3.14. The molecule has 152 valence electrons. The molecule has 30 heavy (non-hydrogen) atoms. The van der Waals surface area contributed by atoms with Crippen molar-refractivity contribution in [3.63, 3.8) is 0 Å². The van der Waals surface area contributed by atoms with Gasteiger partial charge in [0.15, 0.2) is 0 Å². The SMILES string of the molecule is CC(C(=O)NCCn1nnn(-c2ccccc2)c1=O)n1ncc2ccccc2c1=O. The summed E-state index contributed by atoms with van der Waals surface area (Å²) in [5.74, 6) is -0.386. The van der Waals surface area contributed by atoms with Crippen LogP contribution in [0.1, 0.15) is 13.0 Å². The van der Waals surface area contributed by atoms with Crippen LogP contribution in [0.15, 0.2) is 70.4 Å². The van der Waals surface area contributed by atoms with Gasteiger partial charge in [-0.3, -0.25) is 9.59 Å². The zero-order chi connectivity index (χ0) is 21.1. The van der Waals surface area contributed by atoms with Crippen LogP contribution in [-0.2, 0) is 11.3 Å². The first-order valence-corrected chi connectivity index (χ1v) is 9.39. The smallest absolute Gasteiger partial charge is 0.352 e. The Morgan fingerprint density at radius 3 is 2.57 bits per heavy atom. The molecule has 0 aliphatic heterocycles. The van der Waals surface area contributed by atoms with Crippen molar-refractivity contribution in [1.29, 1.82) is 0 Å². The molecule has 0 saturated carbocycles. The highest BCUT2D eigenvalue weighted by Crippen LogP contribution is 2.09. The lowest BCUT2D eigenvalue weighted by atomic mass is 10.2. The second kappa shape index (κ2) is 8.11. The molecule has 0 bridgehead atoms. The van der Waals surface area contributed by atoms with E-state index in [1.807, 2.05) is 12.1 Å². The number of fused-ring (bicyclic) bond motifs is 1. The fourth-order valence-electron chi connectivity index (χ4n) is 3.07. The van der Waals surface area contributed by atoms with Gasteiger partial charge < -0.3 is 5.32 Å². The third-order valence-electron chi connectivity index (χ3n) is 4.73. The van der Waals surface area contributed by atoms with Crippen LogP contribution in [0.4, 0.5) is 0 Å². The maximum absolute atomic E-state index is 12.6. The minimum atomic E-state index is -0.807. The van der Waals surface area contributed by atoms with Crippen LogP contribution in [0.25, 0.3) is 16.5 Å². The molecule has 1 amide bonds. The highest BCUT2D eigenvalue weighted by molar-refractivity contribution is 5.82. The van der Waals surface area contributed by atoms with Crippen molar-refractivity contribution in [3.8, 4) is 5.69 Å². The summed E-state index contributed by atoms with van der Waals surface area (Å²) in [5.41, 5.74) is -0.137. The predicted molar refractivity (Wildman–Crippen MR) is 109 cm³/mol. The molecule has 1 atom stereocenters. The van der Waals surface area contributed by atoms with E-state index in [4.69, 9.17) is 0 Å². The Balaban J connectivity index is 1.42. The zero-order valence-corrected chi connectivity index (χ0v) is 16.2. The third kappa shape index (κ3) is 3.62. The van der Waals surface area contributed by atoms with Crippen molar-refractivity contribution in [3.05, 3.63) is 81.6 Å². The number of benzene rings is 2. The van der Waals surface area contributed by atoms with Crippen LogP contribution in [0, 0.1) is 0 Å². The fourth-order valence-corrected chi connectivity index (χ4v) is 3.07. The van der Waals surface area contributed by atoms with Crippen molar-refractivity contribution >= 4 is 16.7 Å². The number of nitrogens with zero attached hydrogens (tertiary/aromatic N) is 6. The Hall–Kier alpha value is -4.08. The topological polar surface area (TPSA) is 117 Å². The largest absolute Gasteiger partial charge is 0.368 e. The summed E-state index contributed by atoms with van der Waals surface area (Å²) < 4.78 is 3.50. The lowest BCUT2D eigenvalue weighted by Crippen LogP contribution is -2.39. The number of carbonyl (C=O) groups excluding carboxylic acids is 1. The highest BCUT2D eigenvalue weighted by Gasteiger charge is 2.18. The van der Waals surface area contributed by atoms with Gasteiger partial charge in [-0.15, -0.1) is 0 Å². The van der Waals surface area contributed by atoms with Gasteiger partial charge in [0.25, 0.3) is 5.56 Å². The molecule has 2 aromatic carbocycles. The number of tetrazole rings is 1. The second-order valence-electron chi connectivity index (χ2n) is 6.68. The van der Waals surface area contributed by atoms with E-state index in [0.29, 0.717) is 16.5 Å². The number of para-hydroxylation sites is 1. The molecule has 0 saturated heterocycles. The van der Waals surface area contributed by atoms with E-state index in [2.05, 4.69) is 20.8 Å². The van der Waals surface area contributed by atoms with Crippen molar-refractivity contribution in [1.82, 2.24) is 34.9 Å². The highest BCUT2D eigenvalue weighted by atomic mass is 16.2. The Morgan fingerprint density at radius 1 is 1.03 bits per heavy atom. The Morgan fingerprint density at radius 2 is 1.77 bits per heavy atom. The maximum Gasteiger partial charge on any atom is 0.368 e. The maximum atomic E-state index is 12.6. The van der Waals surface area contributed by atoms with Gasteiger partial charge in [0, 0.05) is 11.9 Å². The van der Waals surface area contributed by atoms with Gasteiger partial charge in [0.05, 0.1) is 23.8 Å². The number of amides is 1. The van der Waals surface area contributed by atoms with Gasteiger partial charge in [-0.1, -0.05) is 36.4 Å². The van der Waals surface area contributed by atoms with Gasteiger partial charge in [-0.25, -0.2) is 9.48 Å². The summed E-state index contributed by atoms with van der Waals surface area (Å²) >= 11 is 0.